The van der Waals surface area contributed by atoms with E-state index >= 15 is 0 Å². The number of ether oxygens (including phenoxy) is 1. The van der Waals surface area contributed by atoms with Gasteiger partial charge in [-0.15, -0.1) is 0 Å². The number of anilines is 1. The van der Waals surface area contributed by atoms with Crippen LogP contribution in [0.1, 0.15) is 41.3 Å². The third kappa shape index (κ3) is 6.45. The first-order valence-electron chi connectivity index (χ1n) is 14.5. The highest BCUT2D eigenvalue weighted by atomic mass is 16.5. The highest BCUT2D eigenvalue weighted by Gasteiger charge is 2.45. The Morgan fingerprint density at radius 2 is 1.60 bits per heavy atom. The van der Waals surface area contributed by atoms with Crippen molar-refractivity contribution in [3.05, 3.63) is 95.6 Å². The summed E-state index contributed by atoms with van der Waals surface area (Å²) >= 11 is 0. The minimum Gasteiger partial charge on any atom is -0.496 e. The van der Waals surface area contributed by atoms with Gasteiger partial charge in [-0.3, -0.25) is 14.5 Å². The molecule has 2 amide bonds. The Hall–Kier alpha value is -3.88. The zero-order chi connectivity index (χ0) is 30.4. The fraction of sp³-hybridized carbons (Fsp3) is 0.412. The molecule has 1 fully saturated rings. The lowest BCUT2D eigenvalue weighted by Gasteiger charge is -2.44. The van der Waals surface area contributed by atoms with Crippen LogP contribution in [0.2, 0.25) is 0 Å². The molecule has 1 aliphatic rings. The largest absolute Gasteiger partial charge is 0.496 e. The van der Waals surface area contributed by atoms with Crippen molar-refractivity contribution in [1.29, 1.82) is 0 Å². The van der Waals surface area contributed by atoms with Crippen LogP contribution < -0.4 is 15.0 Å². The second kappa shape index (κ2) is 13.4. The lowest BCUT2D eigenvalue weighted by molar-refractivity contribution is -0.134. The predicted molar refractivity (Wildman–Crippen MR) is 167 cm³/mol. The number of piperidine rings is 1. The fourth-order valence-electron chi connectivity index (χ4n) is 6.05. The van der Waals surface area contributed by atoms with Crippen LogP contribution in [0.5, 0.6) is 5.75 Å². The average molecular weight is 573 g/mol. The molecular formula is C34H44N4O4. The maximum Gasteiger partial charge on any atom is 0.255 e. The van der Waals surface area contributed by atoms with Crippen molar-refractivity contribution >= 4 is 17.5 Å². The number of amides is 2. The molecule has 2 N–H and O–H groups in total. The third-order valence-electron chi connectivity index (χ3n) is 8.41. The molecule has 3 aromatic carbocycles. The molecule has 8 heteroatoms. The van der Waals surface area contributed by atoms with E-state index in [1.165, 1.54) is 0 Å². The number of likely N-dealkylation sites (N-methyl/N-ethyl adjacent to an activating group) is 1. The number of nitrogens with zero attached hydrogens (tertiary/aromatic N) is 3. The van der Waals surface area contributed by atoms with Gasteiger partial charge in [-0.1, -0.05) is 60.7 Å². The SMILES string of the molecule is COc1cc(N(C)C)ccc1C(=O)N[C@H]1CCN(C(C)CC(C(=O)N(C)C)(c2ccccc2)c2ccccc2)C[C@@H]1O. The normalized spacial score (nSPS) is 18.2. The number of nitrogens with one attached hydrogen (secondary N) is 1. The molecule has 0 radical (unpaired) electrons. The van der Waals surface area contributed by atoms with Crippen molar-refractivity contribution in [3.8, 4) is 5.75 Å². The quantitative estimate of drug-likeness (QED) is 0.385. The number of hydrogen-bond acceptors (Lipinski definition) is 6. The Kier molecular flexibility index (Phi) is 9.91. The van der Waals surface area contributed by atoms with E-state index in [0.717, 1.165) is 16.8 Å². The molecule has 8 nitrogen and oxygen atoms in total. The predicted octanol–water partition coefficient (Wildman–Crippen LogP) is 3.78. The van der Waals surface area contributed by atoms with Gasteiger partial charge in [0.25, 0.3) is 5.91 Å². The number of carbonyl (C=O) groups excluding carboxylic acids is 2. The van der Waals surface area contributed by atoms with Crippen LogP contribution in [0.15, 0.2) is 78.9 Å². The Morgan fingerprint density at radius 1 is 1.00 bits per heavy atom. The van der Waals surface area contributed by atoms with E-state index < -0.39 is 17.6 Å². The van der Waals surface area contributed by atoms with Crippen LogP contribution in [0.25, 0.3) is 0 Å². The molecule has 0 bridgehead atoms. The van der Waals surface area contributed by atoms with Gasteiger partial charge in [-0.05, 0) is 43.0 Å². The summed E-state index contributed by atoms with van der Waals surface area (Å²) in [5, 5.41) is 14.2. The van der Waals surface area contributed by atoms with Gasteiger partial charge in [0.15, 0.2) is 0 Å². The van der Waals surface area contributed by atoms with Crippen molar-refractivity contribution in [2.45, 2.75) is 43.4 Å². The van der Waals surface area contributed by atoms with E-state index in [9.17, 15) is 14.7 Å². The van der Waals surface area contributed by atoms with Gasteiger partial charge < -0.3 is 25.0 Å². The summed E-state index contributed by atoms with van der Waals surface area (Å²) in [7, 11) is 9.01. The molecule has 0 saturated carbocycles. The number of carbonyl (C=O) groups is 2. The molecule has 4 rings (SSSR count). The molecule has 1 unspecified atom stereocenters. The second-order valence-corrected chi connectivity index (χ2v) is 11.6. The van der Waals surface area contributed by atoms with Gasteiger partial charge in [0.05, 0.1) is 24.8 Å². The molecule has 3 aromatic rings. The van der Waals surface area contributed by atoms with E-state index in [2.05, 4.69) is 17.1 Å². The average Bonchev–Trinajstić information content (AvgIpc) is 3.00. The number of hydrogen-bond donors (Lipinski definition) is 2. The molecule has 0 spiro atoms. The van der Waals surface area contributed by atoms with Gasteiger partial charge in [-0.25, -0.2) is 0 Å². The number of β-amino-alcohol motifs (C(OH)–C–C–N with tert-alkyl or cyclic N) is 1. The van der Waals surface area contributed by atoms with E-state index in [1.807, 2.05) is 91.8 Å². The molecule has 1 saturated heterocycles. The monoisotopic (exact) mass is 572 g/mol. The highest BCUT2D eigenvalue weighted by molar-refractivity contribution is 5.97. The van der Waals surface area contributed by atoms with E-state index in [-0.39, 0.29) is 17.9 Å². The first-order chi connectivity index (χ1) is 20.1. The Balaban J connectivity index is 1.53. The van der Waals surface area contributed by atoms with Crippen LogP contribution in [-0.4, -0.2) is 93.3 Å². The summed E-state index contributed by atoms with van der Waals surface area (Å²) < 4.78 is 5.49. The maximum atomic E-state index is 14.1. The summed E-state index contributed by atoms with van der Waals surface area (Å²) in [6.07, 6.45) is 0.363. The summed E-state index contributed by atoms with van der Waals surface area (Å²) in [6, 6.07) is 25.0. The van der Waals surface area contributed by atoms with Gasteiger partial charge >= 0.3 is 0 Å². The Morgan fingerprint density at radius 3 is 2.10 bits per heavy atom. The van der Waals surface area contributed by atoms with Crippen molar-refractivity contribution < 1.29 is 19.4 Å². The lowest BCUT2D eigenvalue weighted by Crippen LogP contribution is -2.57. The molecule has 0 aliphatic carbocycles. The van der Waals surface area contributed by atoms with Crippen LogP contribution in [0.3, 0.4) is 0 Å². The number of rotatable bonds is 10. The number of methoxy groups -OCH3 is 1. The minimum absolute atomic E-state index is 0.0173. The zero-order valence-corrected chi connectivity index (χ0v) is 25.6. The molecule has 1 aliphatic heterocycles. The number of benzene rings is 3. The van der Waals surface area contributed by atoms with E-state index in [4.69, 9.17) is 4.74 Å². The molecule has 1 heterocycles. The molecule has 42 heavy (non-hydrogen) atoms. The van der Waals surface area contributed by atoms with Crippen molar-refractivity contribution in [3.63, 3.8) is 0 Å². The third-order valence-corrected chi connectivity index (χ3v) is 8.41. The van der Waals surface area contributed by atoms with Crippen molar-refractivity contribution in [2.24, 2.45) is 0 Å². The number of aliphatic hydroxyl groups is 1. The maximum absolute atomic E-state index is 14.1. The number of likely N-dealkylation sites (tertiary alicyclic amines) is 1. The van der Waals surface area contributed by atoms with Crippen molar-refractivity contribution in [2.75, 3.05) is 53.3 Å². The summed E-state index contributed by atoms with van der Waals surface area (Å²) in [5.41, 5.74) is 2.36. The zero-order valence-electron chi connectivity index (χ0n) is 25.6. The van der Waals surface area contributed by atoms with E-state index in [0.29, 0.717) is 37.2 Å². The number of aliphatic hydroxyl groups excluding tert-OH is 1. The summed E-state index contributed by atoms with van der Waals surface area (Å²) in [5.74, 6) is 0.234. The molecule has 3 atom stereocenters. The summed E-state index contributed by atoms with van der Waals surface area (Å²) in [4.78, 5) is 33.1. The molecular weight excluding hydrogens is 528 g/mol. The molecule has 0 aromatic heterocycles. The topological polar surface area (TPSA) is 85.4 Å². The standard InChI is InChI=1S/C34H44N4O4/c1-24(22-34(33(41)37(4)5,25-13-9-7-10-14-25)26-15-11-8-12-16-26)38-20-19-29(30(39)23-38)35-32(40)28-18-17-27(36(2)3)21-31(28)42-6/h7-18,21,24,29-30,39H,19-20,22-23H2,1-6H3,(H,35,40)/t24?,29-,30-/m0/s1. The van der Waals surface area contributed by atoms with Crippen LogP contribution >= 0.6 is 0 Å². The van der Waals surface area contributed by atoms with Gasteiger partial charge in [0, 0.05) is 59.1 Å². The van der Waals surface area contributed by atoms with Gasteiger partial charge in [0.2, 0.25) is 5.91 Å². The van der Waals surface area contributed by atoms with Crippen LogP contribution in [-0.2, 0) is 10.2 Å². The first-order valence-corrected chi connectivity index (χ1v) is 14.5. The second-order valence-electron chi connectivity index (χ2n) is 11.6. The lowest BCUT2D eigenvalue weighted by atomic mass is 9.69. The van der Waals surface area contributed by atoms with E-state index in [1.54, 1.807) is 32.2 Å². The van der Waals surface area contributed by atoms with Gasteiger partial charge in [-0.2, -0.15) is 0 Å². The van der Waals surface area contributed by atoms with Crippen molar-refractivity contribution in [1.82, 2.24) is 15.1 Å². The highest BCUT2D eigenvalue weighted by Crippen LogP contribution is 2.40. The molecule has 224 valence electrons. The van der Waals surface area contributed by atoms with Gasteiger partial charge in [0.1, 0.15) is 11.2 Å². The summed E-state index contributed by atoms with van der Waals surface area (Å²) in [6.45, 7) is 3.18. The van der Waals surface area contributed by atoms with Crippen LogP contribution in [0, 0.1) is 0 Å². The Bertz CT molecular complexity index is 1310. The Labute approximate surface area is 249 Å². The minimum atomic E-state index is -0.892. The fourth-order valence-corrected chi connectivity index (χ4v) is 6.05. The van der Waals surface area contributed by atoms with Crippen LogP contribution in [0.4, 0.5) is 5.69 Å². The first kappa shape index (κ1) is 31.1. The smallest absolute Gasteiger partial charge is 0.255 e.